The summed E-state index contributed by atoms with van der Waals surface area (Å²) in [5.41, 5.74) is 0. The summed E-state index contributed by atoms with van der Waals surface area (Å²) < 4.78 is 0. The molecule has 72 valence electrons. The van der Waals surface area contributed by atoms with Gasteiger partial charge in [-0.1, -0.05) is 54.6 Å². The molecule has 0 aromatic rings. The first kappa shape index (κ1) is 12.4. The van der Waals surface area contributed by atoms with Crippen molar-refractivity contribution in [2.24, 2.45) is 0 Å². The van der Waals surface area contributed by atoms with Crippen LogP contribution in [0.3, 0.4) is 0 Å². The number of hydrogen-bond acceptors (Lipinski definition) is 0. The lowest BCUT2D eigenvalue weighted by atomic mass is 10.2. The van der Waals surface area contributed by atoms with E-state index >= 15 is 0 Å². The fraction of sp³-hybridized carbons (Fsp3) is 1.00. The molecule has 12 heavy (non-hydrogen) atoms. The fourth-order valence-electron chi connectivity index (χ4n) is 1.88. The number of rotatable bonds is 1. The summed E-state index contributed by atoms with van der Waals surface area (Å²) in [6.07, 6.45) is 0. The topological polar surface area (TPSA) is 0 Å². The summed E-state index contributed by atoms with van der Waals surface area (Å²) >= 11 is 0. The molecule has 2 radical (unpaired) electrons. The van der Waals surface area contributed by atoms with Crippen LogP contribution in [0, 0.1) is 0 Å². The van der Waals surface area contributed by atoms with E-state index in [9.17, 15) is 0 Å². The molecule has 0 atom stereocenters. The van der Waals surface area contributed by atoms with Gasteiger partial charge in [0.25, 0.3) is 0 Å². The Bertz CT molecular complexity index is 134. The highest BCUT2D eigenvalue weighted by molar-refractivity contribution is 7.26. The highest BCUT2D eigenvalue weighted by Gasteiger charge is 2.46. The monoisotopic (exact) mass is 200 g/mol. The molecule has 0 aliphatic rings. The van der Waals surface area contributed by atoms with Crippen LogP contribution in [-0.2, 0) is 0 Å². The first-order valence-corrected chi connectivity index (χ1v) is 9.75. The molecular weight excluding hydrogens is 176 g/mol. The molecule has 0 rings (SSSR count). The van der Waals surface area contributed by atoms with Crippen LogP contribution in [0.25, 0.3) is 0 Å². The fourth-order valence-corrected chi connectivity index (χ4v) is 10.1. The van der Waals surface area contributed by atoms with E-state index < -0.39 is 7.59 Å². The summed E-state index contributed by atoms with van der Waals surface area (Å²) in [5, 5.41) is 1.08. The predicted octanol–water partition coefficient (Wildman–Crippen LogP) is 3.91. The van der Waals surface area contributed by atoms with E-state index in [1.165, 1.54) is 0 Å². The molecule has 0 bridgehead atoms. The molecule has 2 heteroatoms. The zero-order chi connectivity index (χ0) is 10.2. The third-order valence-electron chi connectivity index (χ3n) is 3.50. The Kier molecular flexibility index (Phi) is 3.41. The second-order valence-electron chi connectivity index (χ2n) is 5.88. The molecule has 0 nitrogen and oxygen atoms in total. The molecule has 0 unspecified atom stereocenters. The molecule has 0 aromatic carbocycles. The average molecular weight is 200 g/mol. The Morgan fingerprint density at radius 3 is 1.08 bits per heavy atom. The van der Waals surface area contributed by atoms with Crippen molar-refractivity contribution in [3.63, 3.8) is 0 Å². The van der Waals surface area contributed by atoms with Crippen LogP contribution in [0.1, 0.15) is 41.5 Å². The third-order valence-corrected chi connectivity index (χ3v) is 18.0. The molecule has 0 spiro atoms. The van der Waals surface area contributed by atoms with Gasteiger partial charge in [0.15, 0.2) is 0 Å². The van der Waals surface area contributed by atoms with Gasteiger partial charge in [0.05, 0.1) is 0 Å². The van der Waals surface area contributed by atoms with Gasteiger partial charge in [-0.05, 0) is 10.1 Å². The summed E-state index contributed by atoms with van der Waals surface area (Å²) in [6, 6.07) is 0. The van der Waals surface area contributed by atoms with Crippen molar-refractivity contribution < 1.29 is 0 Å². The van der Waals surface area contributed by atoms with Crippen LogP contribution >= 0.6 is 0 Å². The molecular formula is C10H24Si2. The molecule has 0 amide bonds. The lowest BCUT2D eigenvalue weighted by molar-refractivity contribution is 0.636. The normalized spacial score (nSPS) is 15.0. The first-order chi connectivity index (χ1) is 5.06. The standard InChI is InChI=1S/C10H24Si2/c1-9(2,3)12(8,11-7)10(4,5)6/h1-8H3. The Hall–Kier alpha value is 0.434. The van der Waals surface area contributed by atoms with E-state index in [0.717, 1.165) is 9.04 Å². The SMILES string of the molecule is C[Si][Si](C)(C(C)(C)C)C(C)(C)C. The maximum absolute atomic E-state index is 2.56. The molecule has 0 saturated carbocycles. The highest BCUT2D eigenvalue weighted by Crippen LogP contribution is 2.49. The Morgan fingerprint density at radius 1 is 0.833 bits per heavy atom. The van der Waals surface area contributed by atoms with Crippen LogP contribution < -0.4 is 0 Å². The summed E-state index contributed by atoms with van der Waals surface area (Å²) in [4.78, 5) is 0. The van der Waals surface area contributed by atoms with Crippen molar-refractivity contribution in [3.8, 4) is 0 Å². The van der Waals surface area contributed by atoms with Gasteiger partial charge < -0.3 is 0 Å². The van der Waals surface area contributed by atoms with Gasteiger partial charge in [0, 0.05) is 16.6 Å². The minimum Gasteiger partial charge on any atom is -0.0754 e. The van der Waals surface area contributed by atoms with Crippen LogP contribution in [0.5, 0.6) is 0 Å². The van der Waals surface area contributed by atoms with Crippen LogP contribution in [0.2, 0.25) is 23.2 Å². The van der Waals surface area contributed by atoms with Crippen molar-refractivity contribution in [2.45, 2.75) is 64.7 Å². The van der Waals surface area contributed by atoms with E-state index in [1.807, 2.05) is 0 Å². The van der Waals surface area contributed by atoms with E-state index in [2.05, 4.69) is 54.6 Å². The van der Waals surface area contributed by atoms with E-state index in [0.29, 0.717) is 10.1 Å². The molecule has 0 aliphatic heterocycles. The van der Waals surface area contributed by atoms with Gasteiger partial charge in [0.1, 0.15) is 0 Å². The Balaban J connectivity index is 4.95. The maximum atomic E-state index is 2.56. The second-order valence-corrected chi connectivity index (χ2v) is 16.1. The maximum Gasteiger partial charge on any atom is 0.0490 e. The van der Waals surface area contributed by atoms with Gasteiger partial charge in [0.2, 0.25) is 0 Å². The van der Waals surface area contributed by atoms with Gasteiger partial charge in [-0.3, -0.25) is 0 Å². The minimum absolute atomic E-state index is 0.540. The largest absolute Gasteiger partial charge is 0.0754 e. The van der Waals surface area contributed by atoms with Gasteiger partial charge >= 0.3 is 0 Å². The van der Waals surface area contributed by atoms with Crippen molar-refractivity contribution in [3.05, 3.63) is 0 Å². The van der Waals surface area contributed by atoms with Crippen LogP contribution in [0.4, 0.5) is 0 Å². The summed E-state index contributed by atoms with van der Waals surface area (Å²) in [6.45, 7) is 19.5. The van der Waals surface area contributed by atoms with E-state index in [1.54, 1.807) is 0 Å². The average Bonchev–Trinajstić information content (AvgIpc) is 1.81. The number of hydrogen-bond donors (Lipinski definition) is 0. The Labute approximate surface area is 81.8 Å². The van der Waals surface area contributed by atoms with Crippen molar-refractivity contribution in [2.75, 3.05) is 0 Å². The molecule has 0 N–H and O–H groups in total. The zero-order valence-corrected chi connectivity index (χ0v) is 12.0. The molecule has 0 aliphatic carbocycles. The van der Waals surface area contributed by atoms with E-state index in [4.69, 9.17) is 0 Å². The predicted molar refractivity (Wildman–Crippen MR) is 62.7 cm³/mol. The lowest BCUT2D eigenvalue weighted by Gasteiger charge is -2.49. The molecule has 0 fully saturated rings. The quantitative estimate of drug-likeness (QED) is 0.563. The third kappa shape index (κ3) is 2.02. The lowest BCUT2D eigenvalue weighted by Crippen LogP contribution is -2.53. The smallest absolute Gasteiger partial charge is 0.0490 e. The van der Waals surface area contributed by atoms with Crippen LogP contribution in [0.15, 0.2) is 0 Å². The van der Waals surface area contributed by atoms with Crippen molar-refractivity contribution >= 4 is 16.6 Å². The minimum atomic E-state index is -1.10. The van der Waals surface area contributed by atoms with Crippen molar-refractivity contribution in [1.82, 2.24) is 0 Å². The second kappa shape index (κ2) is 3.30. The Morgan fingerprint density at radius 2 is 1.08 bits per heavy atom. The molecule has 0 aromatic heterocycles. The van der Waals surface area contributed by atoms with Crippen LogP contribution in [-0.4, -0.2) is 16.6 Å². The van der Waals surface area contributed by atoms with Gasteiger partial charge in [-0.15, -0.1) is 0 Å². The summed E-state index contributed by atoms with van der Waals surface area (Å²) in [5.74, 6) is 0. The van der Waals surface area contributed by atoms with Crippen molar-refractivity contribution in [1.29, 1.82) is 0 Å². The van der Waals surface area contributed by atoms with Gasteiger partial charge in [-0.2, -0.15) is 0 Å². The van der Waals surface area contributed by atoms with Gasteiger partial charge in [-0.25, -0.2) is 0 Å². The molecule has 0 heterocycles. The summed E-state index contributed by atoms with van der Waals surface area (Å²) in [7, 11) is 0.0448. The molecule has 0 saturated heterocycles. The highest BCUT2D eigenvalue weighted by atomic mass is 29.2. The van der Waals surface area contributed by atoms with E-state index in [-0.39, 0.29) is 0 Å². The zero-order valence-electron chi connectivity index (χ0n) is 10.0. The first-order valence-electron chi connectivity index (χ1n) is 4.75.